The van der Waals surface area contributed by atoms with Gasteiger partial charge in [-0.25, -0.2) is 8.42 Å². The fraction of sp³-hybridized carbons (Fsp3) is 0.391. The first-order valence-electron chi connectivity index (χ1n) is 10.4. The van der Waals surface area contributed by atoms with Gasteiger partial charge in [-0.3, -0.25) is 13.9 Å². The zero-order valence-electron chi connectivity index (χ0n) is 18.8. The van der Waals surface area contributed by atoms with E-state index in [-0.39, 0.29) is 12.5 Å². The summed E-state index contributed by atoms with van der Waals surface area (Å²) in [5, 5.41) is 3.22. The van der Waals surface area contributed by atoms with Crippen molar-refractivity contribution in [1.29, 1.82) is 0 Å². The van der Waals surface area contributed by atoms with E-state index in [0.29, 0.717) is 23.7 Å². The molecule has 2 amide bonds. The third kappa shape index (κ3) is 6.97. The van der Waals surface area contributed by atoms with E-state index in [1.54, 1.807) is 24.3 Å². The molecule has 0 bridgehead atoms. The van der Waals surface area contributed by atoms with Gasteiger partial charge in [-0.1, -0.05) is 48.4 Å². The minimum Gasteiger partial charge on any atom is -0.355 e. The molecule has 0 heterocycles. The number of likely N-dealkylation sites (N-methyl/N-ethyl adjacent to an activating group) is 1. The Kier molecular flexibility index (Phi) is 9.09. The average molecular weight is 480 g/mol. The molecule has 2 aromatic rings. The lowest BCUT2D eigenvalue weighted by Gasteiger charge is -2.32. The van der Waals surface area contributed by atoms with Gasteiger partial charge < -0.3 is 10.2 Å². The van der Waals surface area contributed by atoms with Crippen molar-refractivity contribution in [2.24, 2.45) is 0 Å². The molecule has 0 saturated carbocycles. The zero-order chi connectivity index (χ0) is 23.9. The van der Waals surface area contributed by atoms with E-state index in [2.05, 4.69) is 5.32 Å². The number of carbonyl (C=O) groups is 2. The van der Waals surface area contributed by atoms with E-state index in [0.717, 1.165) is 21.7 Å². The number of halogens is 1. The Bertz CT molecular complexity index is 1020. The van der Waals surface area contributed by atoms with Crippen molar-refractivity contribution < 1.29 is 18.0 Å². The van der Waals surface area contributed by atoms with Gasteiger partial charge in [0.25, 0.3) is 0 Å². The first-order chi connectivity index (χ1) is 15.1. The molecular formula is C23H30ClN3O4S. The van der Waals surface area contributed by atoms with Gasteiger partial charge in [-0.2, -0.15) is 0 Å². The molecule has 0 saturated heterocycles. The Morgan fingerprint density at radius 2 is 1.62 bits per heavy atom. The van der Waals surface area contributed by atoms with Crippen molar-refractivity contribution in [2.45, 2.75) is 39.8 Å². The maximum atomic E-state index is 13.4. The summed E-state index contributed by atoms with van der Waals surface area (Å²) in [6, 6.07) is 13.1. The summed E-state index contributed by atoms with van der Waals surface area (Å²) in [5.74, 6) is -0.739. The van der Waals surface area contributed by atoms with Gasteiger partial charge in [0.1, 0.15) is 12.6 Å². The van der Waals surface area contributed by atoms with Crippen LogP contribution in [-0.4, -0.2) is 50.5 Å². The smallest absolute Gasteiger partial charge is 0.244 e. The van der Waals surface area contributed by atoms with E-state index in [1.165, 1.54) is 4.90 Å². The number of amides is 2. The summed E-state index contributed by atoms with van der Waals surface area (Å²) in [6.07, 6.45) is 1.43. The highest BCUT2D eigenvalue weighted by molar-refractivity contribution is 7.92. The number of anilines is 1. The molecule has 2 aromatic carbocycles. The van der Waals surface area contributed by atoms with Gasteiger partial charge >= 0.3 is 0 Å². The Balaban J connectivity index is 2.40. The number of hydrogen-bond donors (Lipinski definition) is 1. The molecular weight excluding hydrogens is 450 g/mol. The van der Waals surface area contributed by atoms with Crippen LogP contribution in [-0.2, 0) is 26.2 Å². The van der Waals surface area contributed by atoms with Crippen LogP contribution in [0.1, 0.15) is 31.4 Å². The monoisotopic (exact) mass is 479 g/mol. The molecule has 0 aliphatic rings. The zero-order valence-corrected chi connectivity index (χ0v) is 20.4. The Morgan fingerprint density at radius 3 is 2.12 bits per heavy atom. The predicted molar refractivity (Wildman–Crippen MR) is 128 cm³/mol. The molecule has 0 aliphatic heterocycles. The molecule has 2 rings (SSSR count). The molecule has 0 fully saturated rings. The lowest BCUT2D eigenvalue weighted by molar-refractivity contribution is -0.140. The minimum absolute atomic E-state index is 0.187. The van der Waals surface area contributed by atoms with Crippen LogP contribution in [0.3, 0.4) is 0 Å². The second kappa shape index (κ2) is 11.3. The Labute approximate surface area is 195 Å². The molecule has 0 radical (unpaired) electrons. The molecule has 0 aromatic heterocycles. The summed E-state index contributed by atoms with van der Waals surface area (Å²) in [6.45, 7) is 5.79. The molecule has 0 aliphatic carbocycles. The van der Waals surface area contributed by atoms with Gasteiger partial charge in [0, 0.05) is 18.1 Å². The lowest BCUT2D eigenvalue weighted by Crippen LogP contribution is -2.52. The normalized spacial score (nSPS) is 12.2. The summed E-state index contributed by atoms with van der Waals surface area (Å²) < 4.78 is 26.0. The first-order valence-corrected chi connectivity index (χ1v) is 12.7. The molecule has 174 valence electrons. The topological polar surface area (TPSA) is 86.8 Å². The highest BCUT2D eigenvalue weighted by Gasteiger charge is 2.31. The summed E-state index contributed by atoms with van der Waals surface area (Å²) in [5.41, 5.74) is 2.25. The van der Waals surface area contributed by atoms with Crippen molar-refractivity contribution in [3.05, 3.63) is 64.7 Å². The third-order valence-corrected chi connectivity index (χ3v) is 6.40. The number of rotatable bonds is 10. The molecule has 32 heavy (non-hydrogen) atoms. The van der Waals surface area contributed by atoms with Crippen LogP contribution in [0.2, 0.25) is 5.02 Å². The van der Waals surface area contributed by atoms with E-state index in [9.17, 15) is 18.0 Å². The highest BCUT2D eigenvalue weighted by Crippen LogP contribution is 2.22. The second-order valence-corrected chi connectivity index (χ2v) is 9.92. The Hall–Kier alpha value is -2.58. The van der Waals surface area contributed by atoms with Crippen LogP contribution in [0.4, 0.5) is 5.69 Å². The summed E-state index contributed by atoms with van der Waals surface area (Å²) >= 11 is 5.93. The van der Waals surface area contributed by atoms with E-state index in [1.807, 2.05) is 45.0 Å². The fourth-order valence-electron chi connectivity index (χ4n) is 3.32. The van der Waals surface area contributed by atoms with Crippen molar-refractivity contribution in [1.82, 2.24) is 10.2 Å². The van der Waals surface area contributed by atoms with Crippen LogP contribution in [0, 0.1) is 6.92 Å². The SMILES string of the molecule is CCNC(=O)[C@H](CC)N(Cc1ccc(C)cc1)C(=O)CN(c1ccc(Cl)cc1)S(C)(=O)=O. The van der Waals surface area contributed by atoms with E-state index >= 15 is 0 Å². The van der Waals surface area contributed by atoms with E-state index < -0.39 is 28.5 Å². The summed E-state index contributed by atoms with van der Waals surface area (Å²) in [7, 11) is -3.76. The van der Waals surface area contributed by atoms with Crippen LogP contribution < -0.4 is 9.62 Å². The van der Waals surface area contributed by atoms with Crippen LogP contribution in [0.15, 0.2) is 48.5 Å². The van der Waals surface area contributed by atoms with Crippen molar-refractivity contribution in [3.8, 4) is 0 Å². The lowest BCUT2D eigenvalue weighted by atomic mass is 10.1. The fourth-order valence-corrected chi connectivity index (χ4v) is 4.30. The van der Waals surface area contributed by atoms with Gasteiger partial charge in [-0.05, 0) is 50.1 Å². The highest BCUT2D eigenvalue weighted by atomic mass is 35.5. The number of aryl methyl sites for hydroxylation is 1. The molecule has 1 atom stereocenters. The average Bonchev–Trinajstić information content (AvgIpc) is 2.73. The molecule has 0 unspecified atom stereocenters. The van der Waals surface area contributed by atoms with Crippen LogP contribution >= 0.6 is 11.6 Å². The van der Waals surface area contributed by atoms with Crippen molar-refractivity contribution in [3.63, 3.8) is 0 Å². The number of nitrogens with zero attached hydrogens (tertiary/aromatic N) is 2. The van der Waals surface area contributed by atoms with Gasteiger partial charge in [-0.15, -0.1) is 0 Å². The predicted octanol–water partition coefficient (Wildman–Crippen LogP) is 3.36. The number of hydrogen-bond acceptors (Lipinski definition) is 4. The maximum absolute atomic E-state index is 13.4. The van der Waals surface area contributed by atoms with Crippen molar-refractivity contribution in [2.75, 3.05) is 23.7 Å². The van der Waals surface area contributed by atoms with Gasteiger partial charge in [0.05, 0.1) is 11.9 Å². The Morgan fingerprint density at radius 1 is 1.03 bits per heavy atom. The van der Waals surface area contributed by atoms with Gasteiger partial charge in [0.2, 0.25) is 21.8 Å². The molecule has 9 heteroatoms. The minimum atomic E-state index is -3.76. The quantitative estimate of drug-likeness (QED) is 0.566. The molecule has 0 spiro atoms. The number of sulfonamides is 1. The van der Waals surface area contributed by atoms with Gasteiger partial charge in [0.15, 0.2) is 0 Å². The first kappa shape index (κ1) is 25.7. The number of benzene rings is 2. The third-order valence-electron chi connectivity index (χ3n) is 5.00. The molecule has 1 N–H and O–H groups in total. The molecule has 7 nitrogen and oxygen atoms in total. The number of nitrogens with one attached hydrogen (secondary N) is 1. The maximum Gasteiger partial charge on any atom is 0.244 e. The largest absolute Gasteiger partial charge is 0.355 e. The van der Waals surface area contributed by atoms with Crippen molar-refractivity contribution >= 4 is 39.1 Å². The summed E-state index contributed by atoms with van der Waals surface area (Å²) in [4.78, 5) is 27.6. The van der Waals surface area contributed by atoms with E-state index in [4.69, 9.17) is 11.6 Å². The van der Waals surface area contributed by atoms with Crippen LogP contribution in [0.5, 0.6) is 0 Å². The number of carbonyl (C=O) groups excluding carboxylic acids is 2. The van der Waals surface area contributed by atoms with Crippen LogP contribution in [0.25, 0.3) is 0 Å². The standard InChI is InChI=1S/C23H30ClN3O4S/c1-5-21(23(29)25-6-2)26(15-18-9-7-17(3)8-10-18)22(28)16-27(32(4,30)31)20-13-11-19(24)12-14-20/h7-14,21H,5-6,15-16H2,1-4H3,(H,25,29)/t21-/m0/s1. The second-order valence-electron chi connectivity index (χ2n) is 7.57.